The van der Waals surface area contributed by atoms with Gasteiger partial charge in [-0.1, -0.05) is 25.1 Å². The van der Waals surface area contributed by atoms with Crippen molar-refractivity contribution in [2.75, 3.05) is 5.32 Å². The average molecular weight is 318 g/mol. The van der Waals surface area contributed by atoms with Crippen molar-refractivity contribution in [3.63, 3.8) is 0 Å². The monoisotopic (exact) mass is 318 g/mol. The Hall–Kier alpha value is -3.15. The summed E-state index contributed by atoms with van der Waals surface area (Å²) in [5, 5.41) is 7.85. The minimum atomic E-state index is 0.691. The van der Waals surface area contributed by atoms with Crippen LogP contribution in [0, 0.1) is 0 Å². The smallest absolute Gasteiger partial charge is 0.157 e. The van der Waals surface area contributed by atoms with E-state index in [2.05, 4.69) is 45.5 Å². The Bertz CT molecular complexity index is 955. The summed E-state index contributed by atoms with van der Waals surface area (Å²) in [6.07, 6.45) is 8.21. The molecule has 6 nitrogen and oxygen atoms in total. The molecule has 0 saturated heterocycles. The van der Waals surface area contributed by atoms with Crippen LogP contribution in [0.25, 0.3) is 11.3 Å². The molecule has 1 N–H and O–H groups in total. The van der Waals surface area contributed by atoms with E-state index >= 15 is 0 Å². The topological polar surface area (TPSA) is 60.0 Å². The van der Waals surface area contributed by atoms with Gasteiger partial charge in [0, 0.05) is 36.8 Å². The third kappa shape index (κ3) is 2.62. The van der Waals surface area contributed by atoms with Crippen LogP contribution in [0.4, 0.5) is 5.82 Å². The van der Waals surface area contributed by atoms with Crippen LogP contribution in [0.2, 0.25) is 0 Å². The Labute approximate surface area is 139 Å². The molecule has 3 aromatic heterocycles. The molecule has 0 aliphatic heterocycles. The van der Waals surface area contributed by atoms with Crippen LogP contribution in [0.3, 0.4) is 0 Å². The van der Waals surface area contributed by atoms with E-state index in [9.17, 15) is 0 Å². The summed E-state index contributed by atoms with van der Waals surface area (Å²) in [5.41, 5.74) is 4.21. The maximum atomic E-state index is 4.58. The summed E-state index contributed by atoms with van der Waals surface area (Å²) in [7, 11) is 0. The van der Waals surface area contributed by atoms with E-state index < -0.39 is 0 Å². The first-order valence-electron chi connectivity index (χ1n) is 7.99. The van der Waals surface area contributed by atoms with Crippen molar-refractivity contribution in [3.8, 4) is 5.69 Å². The molecule has 24 heavy (non-hydrogen) atoms. The standard InChI is InChI=1S/C18H18N6/c1-2-15-11-18(24-17(22-15)7-8-21-24)20-12-14-5-3-4-6-16(14)23-10-9-19-13-23/h3-11,13,20H,2,12H2,1H3. The minimum absolute atomic E-state index is 0.691. The van der Waals surface area contributed by atoms with Crippen LogP contribution in [0.5, 0.6) is 0 Å². The van der Waals surface area contributed by atoms with E-state index in [4.69, 9.17) is 0 Å². The van der Waals surface area contributed by atoms with Gasteiger partial charge in [0.1, 0.15) is 5.82 Å². The maximum absolute atomic E-state index is 4.58. The van der Waals surface area contributed by atoms with Gasteiger partial charge in [0.05, 0.1) is 18.2 Å². The number of rotatable bonds is 5. The van der Waals surface area contributed by atoms with Gasteiger partial charge in [-0.2, -0.15) is 9.61 Å². The molecule has 4 aromatic rings. The fourth-order valence-corrected chi connectivity index (χ4v) is 2.77. The van der Waals surface area contributed by atoms with Gasteiger partial charge in [-0.25, -0.2) is 9.97 Å². The molecule has 0 saturated carbocycles. The molecule has 0 atom stereocenters. The lowest BCUT2D eigenvalue weighted by molar-refractivity contribution is 0.899. The van der Waals surface area contributed by atoms with Gasteiger partial charge in [-0.3, -0.25) is 0 Å². The maximum Gasteiger partial charge on any atom is 0.157 e. The van der Waals surface area contributed by atoms with Crippen molar-refractivity contribution >= 4 is 11.5 Å². The van der Waals surface area contributed by atoms with Gasteiger partial charge in [0.15, 0.2) is 5.65 Å². The fourth-order valence-electron chi connectivity index (χ4n) is 2.77. The van der Waals surface area contributed by atoms with Crippen LogP contribution < -0.4 is 5.32 Å². The molecule has 120 valence electrons. The molecule has 1 aromatic carbocycles. The van der Waals surface area contributed by atoms with E-state index in [0.29, 0.717) is 6.54 Å². The quantitative estimate of drug-likeness (QED) is 0.614. The number of nitrogens with one attached hydrogen (secondary N) is 1. The molecule has 0 radical (unpaired) electrons. The number of hydrogen-bond acceptors (Lipinski definition) is 4. The number of hydrogen-bond donors (Lipinski definition) is 1. The van der Waals surface area contributed by atoms with Crippen LogP contribution in [0.1, 0.15) is 18.2 Å². The van der Waals surface area contributed by atoms with Crippen molar-refractivity contribution < 1.29 is 0 Å². The highest BCUT2D eigenvalue weighted by Crippen LogP contribution is 2.18. The minimum Gasteiger partial charge on any atom is -0.366 e. The molecule has 0 amide bonds. The summed E-state index contributed by atoms with van der Waals surface area (Å²) in [5.74, 6) is 0.947. The second-order valence-corrected chi connectivity index (χ2v) is 5.54. The second kappa shape index (κ2) is 6.16. The molecular formula is C18H18N6. The predicted octanol–water partition coefficient (Wildman–Crippen LogP) is 3.09. The number of para-hydroxylation sites is 1. The number of aryl methyl sites for hydroxylation is 1. The van der Waals surface area contributed by atoms with Crippen LogP contribution in [0.15, 0.2) is 61.3 Å². The zero-order chi connectivity index (χ0) is 16.4. The zero-order valence-corrected chi connectivity index (χ0v) is 13.4. The van der Waals surface area contributed by atoms with Gasteiger partial charge in [0.25, 0.3) is 0 Å². The average Bonchev–Trinajstić information content (AvgIpc) is 3.31. The first-order chi connectivity index (χ1) is 11.8. The fraction of sp³-hybridized carbons (Fsp3) is 0.167. The Balaban J connectivity index is 1.66. The zero-order valence-electron chi connectivity index (χ0n) is 13.4. The molecule has 0 unspecified atom stereocenters. The van der Waals surface area contributed by atoms with E-state index in [1.54, 1.807) is 12.4 Å². The molecule has 0 fully saturated rings. The highest BCUT2D eigenvalue weighted by molar-refractivity contribution is 5.50. The summed E-state index contributed by atoms with van der Waals surface area (Å²) >= 11 is 0. The Morgan fingerprint density at radius 2 is 2.04 bits per heavy atom. The van der Waals surface area contributed by atoms with E-state index in [-0.39, 0.29) is 0 Å². The Morgan fingerprint density at radius 3 is 2.88 bits per heavy atom. The van der Waals surface area contributed by atoms with Gasteiger partial charge in [-0.15, -0.1) is 0 Å². The summed E-state index contributed by atoms with van der Waals surface area (Å²) in [4.78, 5) is 8.71. The molecule has 0 aliphatic carbocycles. The highest BCUT2D eigenvalue weighted by atomic mass is 15.3. The summed E-state index contributed by atoms with van der Waals surface area (Å²) in [6, 6.07) is 12.3. The SMILES string of the molecule is CCc1cc(NCc2ccccc2-n2ccnc2)n2nccc2n1. The van der Waals surface area contributed by atoms with Crippen LogP contribution >= 0.6 is 0 Å². The van der Waals surface area contributed by atoms with Gasteiger partial charge in [0.2, 0.25) is 0 Å². The van der Waals surface area contributed by atoms with Gasteiger partial charge >= 0.3 is 0 Å². The molecule has 4 rings (SSSR count). The molecule has 0 aliphatic rings. The van der Waals surface area contributed by atoms with Crippen molar-refractivity contribution in [3.05, 3.63) is 72.6 Å². The molecule has 3 heterocycles. The summed E-state index contributed by atoms with van der Waals surface area (Å²) < 4.78 is 3.85. The number of imidazole rings is 1. The largest absolute Gasteiger partial charge is 0.366 e. The summed E-state index contributed by atoms with van der Waals surface area (Å²) in [6.45, 7) is 2.80. The lowest BCUT2D eigenvalue weighted by Gasteiger charge is -2.13. The van der Waals surface area contributed by atoms with Crippen molar-refractivity contribution in [1.29, 1.82) is 0 Å². The Kier molecular flexibility index (Phi) is 3.70. The third-order valence-electron chi connectivity index (χ3n) is 4.01. The molecule has 0 spiro atoms. The first-order valence-corrected chi connectivity index (χ1v) is 7.99. The lowest BCUT2D eigenvalue weighted by atomic mass is 10.1. The van der Waals surface area contributed by atoms with Gasteiger partial charge in [-0.05, 0) is 18.1 Å². The number of aromatic nitrogens is 5. The number of nitrogens with zero attached hydrogens (tertiary/aromatic N) is 5. The Morgan fingerprint density at radius 1 is 1.12 bits per heavy atom. The van der Waals surface area contributed by atoms with Gasteiger partial charge < -0.3 is 9.88 Å². The predicted molar refractivity (Wildman–Crippen MR) is 93.3 cm³/mol. The number of anilines is 1. The molecular weight excluding hydrogens is 300 g/mol. The van der Waals surface area contributed by atoms with E-state index in [0.717, 1.165) is 29.3 Å². The third-order valence-corrected chi connectivity index (χ3v) is 4.01. The normalized spacial score (nSPS) is 11.0. The van der Waals surface area contributed by atoms with Crippen molar-refractivity contribution in [2.45, 2.75) is 19.9 Å². The van der Waals surface area contributed by atoms with Crippen molar-refractivity contribution in [1.82, 2.24) is 24.1 Å². The molecule has 6 heteroatoms. The van der Waals surface area contributed by atoms with Crippen LogP contribution in [-0.2, 0) is 13.0 Å². The first kappa shape index (κ1) is 14.4. The lowest BCUT2D eigenvalue weighted by Crippen LogP contribution is -2.09. The second-order valence-electron chi connectivity index (χ2n) is 5.54. The number of benzene rings is 1. The van der Waals surface area contributed by atoms with Crippen LogP contribution in [-0.4, -0.2) is 24.1 Å². The molecule has 0 bridgehead atoms. The van der Waals surface area contributed by atoms with Crippen molar-refractivity contribution in [2.24, 2.45) is 0 Å². The van der Waals surface area contributed by atoms with E-state index in [1.807, 2.05) is 39.8 Å². The highest BCUT2D eigenvalue weighted by Gasteiger charge is 2.08. The van der Waals surface area contributed by atoms with E-state index in [1.165, 1.54) is 5.56 Å². The number of fused-ring (bicyclic) bond motifs is 1.